The first-order chi connectivity index (χ1) is 13.6. The van der Waals surface area contributed by atoms with Crippen molar-refractivity contribution in [2.75, 3.05) is 43.4 Å². The van der Waals surface area contributed by atoms with Crippen LogP contribution in [0.3, 0.4) is 0 Å². The summed E-state index contributed by atoms with van der Waals surface area (Å²) in [5, 5.41) is 5.35. The second-order valence-corrected chi connectivity index (χ2v) is 7.91. The molecule has 1 fully saturated rings. The minimum atomic E-state index is -0.121. The van der Waals surface area contributed by atoms with Crippen LogP contribution in [0.25, 0.3) is 10.2 Å². The van der Waals surface area contributed by atoms with Gasteiger partial charge in [-0.05, 0) is 42.8 Å². The van der Waals surface area contributed by atoms with Crippen LogP contribution < -0.4 is 15.8 Å². The molecule has 0 atom stereocenters. The van der Waals surface area contributed by atoms with Gasteiger partial charge in [-0.3, -0.25) is 14.2 Å². The molecule has 146 valence electrons. The number of aromatic nitrogens is 2. The molecule has 1 N–H and O–H groups in total. The first-order valence-corrected chi connectivity index (χ1v) is 10.2. The van der Waals surface area contributed by atoms with Crippen molar-refractivity contribution >= 4 is 38.8 Å². The van der Waals surface area contributed by atoms with Crippen LogP contribution in [0.2, 0.25) is 0 Å². The molecule has 0 unspecified atom stereocenters. The highest BCUT2D eigenvalue weighted by molar-refractivity contribution is 7.16. The third-order valence-electron chi connectivity index (χ3n) is 5.05. The van der Waals surface area contributed by atoms with Crippen LogP contribution in [0.1, 0.15) is 6.42 Å². The Kier molecular flexibility index (Phi) is 5.40. The van der Waals surface area contributed by atoms with Gasteiger partial charge in [-0.1, -0.05) is 0 Å². The molecule has 1 saturated heterocycles. The maximum Gasteiger partial charge on any atom is 0.262 e. The molecular weight excluding hydrogens is 374 g/mol. The SMILES string of the molecule is CN1CCN(c2ccc(NC(=O)CCn3cnc4sccc4c3=O)cc2)CC1. The van der Waals surface area contributed by atoms with Gasteiger partial charge >= 0.3 is 0 Å². The standard InChI is InChI=1S/C20H23N5O2S/c1-23-9-11-24(12-10-23)16-4-2-15(3-5-16)22-18(26)6-8-25-14-21-19-17(20(25)27)7-13-28-19/h2-5,7,13-14H,6,8-12H2,1H3,(H,22,26). The Bertz CT molecular complexity index is 1020. The fourth-order valence-electron chi connectivity index (χ4n) is 3.32. The van der Waals surface area contributed by atoms with Gasteiger partial charge in [-0.15, -0.1) is 11.3 Å². The van der Waals surface area contributed by atoms with Gasteiger partial charge in [0.05, 0.1) is 11.7 Å². The number of anilines is 2. The summed E-state index contributed by atoms with van der Waals surface area (Å²) in [5.41, 5.74) is 1.84. The van der Waals surface area contributed by atoms with Crippen LogP contribution in [0, 0.1) is 0 Å². The number of amides is 1. The molecule has 3 aromatic rings. The van der Waals surface area contributed by atoms with E-state index in [1.54, 1.807) is 6.07 Å². The van der Waals surface area contributed by atoms with E-state index >= 15 is 0 Å². The zero-order chi connectivity index (χ0) is 19.5. The zero-order valence-corrected chi connectivity index (χ0v) is 16.6. The highest BCUT2D eigenvalue weighted by atomic mass is 32.1. The van der Waals surface area contributed by atoms with E-state index in [1.165, 1.54) is 27.9 Å². The minimum Gasteiger partial charge on any atom is -0.369 e. The lowest BCUT2D eigenvalue weighted by atomic mass is 10.2. The van der Waals surface area contributed by atoms with Gasteiger partial charge in [0, 0.05) is 50.5 Å². The Morgan fingerprint density at radius 3 is 2.64 bits per heavy atom. The number of thiophene rings is 1. The predicted molar refractivity (Wildman–Crippen MR) is 113 cm³/mol. The van der Waals surface area contributed by atoms with Crippen molar-refractivity contribution < 1.29 is 4.79 Å². The average Bonchev–Trinajstić information content (AvgIpc) is 3.18. The van der Waals surface area contributed by atoms with Crippen LogP contribution in [0.15, 0.2) is 46.8 Å². The Hall–Kier alpha value is -2.71. The molecule has 1 aliphatic rings. The number of rotatable bonds is 5. The van der Waals surface area contributed by atoms with E-state index in [9.17, 15) is 9.59 Å². The summed E-state index contributed by atoms with van der Waals surface area (Å²) in [6, 6.07) is 9.71. The summed E-state index contributed by atoms with van der Waals surface area (Å²) in [6.45, 7) is 4.45. The van der Waals surface area contributed by atoms with Gasteiger partial charge in [0.1, 0.15) is 4.83 Å². The van der Waals surface area contributed by atoms with Crippen LogP contribution in [-0.4, -0.2) is 53.6 Å². The number of piperazine rings is 1. The zero-order valence-electron chi connectivity index (χ0n) is 15.8. The van der Waals surface area contributed by atoms with Crippen LogP contribution in [-0.2, 0) is 11.3 Å². The van der Waals surface area contributed by atoms with Crippen molar-refractivity contribution in [3.63, 3.8) is 0 Å². The molecule has 28 heavy (non-hydrogen) atoms. The third-order valence-corrected chi connectivity index (χ3v) is 5.87. The van der Waals surface area contributed by atoms with E-state index in [2.05, 4.69) is 27.1 Å². The maximum atomic E-state index is 12.4. The van der Waals surface area contributed by atoms with Gasteiger partial charge in [-0.25, -0.2) is 4.98 Å². The summed E-state index contributed by atoms with van der Waals surface area (Å²) in [7, 11) is 2.14. The Morgan fingerprint density at radius 2 is 1.89 bits per heavy atom. The lowest BCUT2D eigenvalue weighted by molar-refractivity contribution is -0.116. The summed E-state index contributed by atoms with van der Waals surface area (Å²) in [6.07, 6.45) is 1.73. The smallest absolute Gasteiger partial charge is 0.262 e. The number of nitrogens with zero attached hydrogens (tertiary/aromatic N) is 4. The van der Waals surface area contributed by atoms with Gasteiger partial charge in [0.2, 0.25) is 5.91 Å². The fraction of sp³-hybridized carbons (Fsp3) is 0.350. The predicted octanol–water partition coefficient (Wildman–Crippen LogP) is 2.24. The number of hydrogen-bond donors (Lipinski definition) is 1. The van der Waals surface area contributed by atoms with Crippen LogP contribution in [0.4, 0.5) is 11.4 Å². The largest absolute Gasteiger partial charge is 0.369 e. The second-order valence-electron chi connectivity index (χ2n) is 7.02. The normalized spacial score (nSPS) is 15.1. The Morgan fingerprint density at radius 1 is 1.14 bits per heavy atom. The van der Waals surface area contributed by atoms with E-state index in [0.717, 1.165) is 36.7 Å². The van der Waals surface area contributed by atoms with Gasteiger partial charge in [0.15, 0.2) is 0 Å². The molecule has 2 aromatic heterocycles. The van der Waals surface area contributed by atoms with Crippen molar-refractivity contribution in [3.8, 4) is 0 Å². The summed E-state index contributed by atoms with van der Waals surface area (Å²) >= 11 is 1.44. The number of hydrogen-bond acceptors (Lipinski definition) is 6. The van der Waals surface area contributed by atoms with Gasteiger partial charge in [-0.2, -0.15) is 0 Å². The lowest BCUT2D eigenvalue weighted by Crippen LogP contribution is -2.44. The fourth-order valence-corrected chi connectivity index (χ4v) is 4.04. The van der Waals surface area contributed by atoms with Crippen LogP contribution in [0.5, 0.6) is 0 Å². The molecule has 1 aromatic carbocycles. The third kappa shape index (κ3) is 4.07. The average molecular weight is 398 g/mol. The molecule has 0 bridgehead atoms. The quantitative estimate of drug-likeness (QED) is 0.715. The highest BCUT2D eigenvalue weighted by Gasteiger charge is 2.14. The molecular formula is C20H23N5O2S. The number of aryl methyl sites for hydroxylation is 1. The van der Waals surface area contributed by atoms with E-state index in [0.29, 0.717) is 11.9 Å². The second kappa shape index (κ2) is 8.12. The highest BCUT2D eigenvalue weighted by Crippen LogP contribution is 2.19. The molecule has 1 amide bonds. The van der Waals surface area contributed by atoms with Gasteiger partial charge in [0.25, 0.3) is 5.56 Å². The lowest BCUT2D eigenvalue weighted by Gasteiger charge is -2.34. The van der Waals surface area contributed by atoms with Crippen LogP contribution >= 0.6 is 11.3 Å². The van der Waals surface area contributed by atoms with E-state index in [4.69, 9.17) is 0 Å². The summed E-state index contributed by atoms with van der Waals surface area (Å²) in [4.78, 5) is 34.3. The molecule has 8 heteroatoms. The molecule has 0 aliphatic carbocycles. The summed E-state index contributed by atoms with van der Waals surface area (Å²) < 4.78 is 1.49. The Labute approximate surface area is 167 Å². The molecule has 3 heterocycles. The Balaban J connectivity index is 1.33. The topological polar surface area (TPSA) is 70.5 Å². The number of carbonyl (C=O) groups is 1. The van der Waals surface area contributed by atoms with Crippen molar-refractivity contribution in [1.29, 1.82) is 0 Å². The molecule has 7 nitrogen and oxygen atoms in total. The number of nitrogens with one attached hydrogen (secondary N) is 1. The van der Waals surface area contributed by atoms with E-state index < -0.39 is 0 Å². The van der Waals surface area contributed by atoms with Crippen molar-refractivity contribution in [2.24, 2.45) is 0 Å². The molecule has 4 rings (SSSR count). The first-order valence-electron chi connectivity index (χ1n) is 9.36. The maximum absolute atomic E-state index is 12.4. The number of likely N-dealkylation sites (N-methyl/N-ethyl adjacent to an activating group) is 1. The molecule has 0 spiro atoms. The summed E-state index contributed by atoms with van der Waals surface area (Å²) in [5.74, 6) is -0.121. The molecule has 1 aliphatic heterocycles. The molecule has 0 radical (unpaired) electrons. The number of carbonyl (C=O) groups excluding carboxylic acids is 1. The number of benzene rings is 1. The van der Waals surface area contributed by atoms with Crippen molar-refractivity contribution in [1.82, 2.24) is 14.5 Å². The monoisotopic (exact) mass is 397 g/mol. The van der Waals surface area contributed by atoms with E-state index in [1.807, 2.05) is 29.6 Å². The van der Waals surface area contributed by atoms with Crippen molar-refractivity contribution in [3.05, 3.63) is 52.4 Å². The number of fused-ring (bicyclic) bond motifs is 1. The minimum absolute atomic E-state index is 0.101. The first kappa shape index (κ1) is 18.6. The molecule has 0 saturated carbocycles. The van der Waals surface area contributed by atoms with E-state index in [-0.39, 0.29) is 17.9 Å². The van der Waals surface area contributed by atoms with Crippen molar-refractivity contribution in [2.45, 2.75) is 13.0 Å². The van der Waals surface area contributed by atoms with Gasteiger partial charge < -0.3 is 15.1 Å².